The molecule has 0 bridgehead atoms. The minimum absolute atomic E-state index is 0.124. The molecule has 2 N–H and O–H groups in total. The van der Waals surface area contributed by atoms with E-state index < -0.39 is 11.9 Å². The van der Waals surface area contributed by atoms with Crippen molar-refractivity contribution < 1.29 is 24.5 Å². The minimum atomic E-state index is -1.26. The summed E-state index contributed by atoms with van der Waals surface area (Å²) in [6, 6.07) is 32.2. The molecule has 6 nitrogen and oxygen atoms in total. The van der Waals surface area contributed by atoms with Gasteiger partial charge in [-0.2, -0.15) is 0 Å². The van der Waals surface area contributed by atoms with Crippen LogP contribution in [-0.4, -0.2) is 53.3 Å². The first-order valence-electron chi connectivity index (χ1n) is 11.6. The molecule has 4 rings (SSSR count). The molecule has 1 aliphatic rings. The summed E-state index contributed by atoms with van der Waals surface area (Å²) in [4.78, 5) is 21.6. The molecular weight excluding hydrogens is 442 g/mol. The number of para-hydroxylation sites is 1. The van der Waals surface area contributed by atoms with Crippen LogP contribution in [0.1, 0.15) is 24.0 Å². The molecule has 0 saturated carbocycles. The fraction of sp³-hybridized carbons (Fsp3) is 0.241. The second kappa shape index (κ2) is 13.1. The van der Waals surface area contributed by atoms with Gasteiger partial charge in [0.1, 0.15) is 12.4 Å². The largest absolute Gasteiger partial charge is 0.492 e. The Morgan fingerprint density at radius 2 is 1.17 bits per heavy atom. The van der Waals surface area contributed by atoms with Gasteiger partial charge in [-0.05, 0) is 49.2 Å². The lowest BCUT2D eigenvalue weighted by Gasteiger charge is -2.43. The van der Waals surface area contributed by atoms with Gasteiger partial charge in [0.2, 0.25) is 0 Å². The van der Waals surface area contributed by atoms with Crippen LogP contribution in [0, 0.1) is 0 Å². The van der Waals surface area contributed by atoms with Gasteiger partial charge in [0.25, 0.3) is 0 Å². The van der Waals surface area contributed by atoms with Gasteiger partial charge in [0.05, 0.1) is 0 Å². The van der Waals surface area contributed by atoms with Crippen molar-refractivity contribution in [3.63, 3.8) is 0 Å². The van der Waals surface area contributed by atoms with E-state index in [-0.39, 0.29) is 5.41 Å². The van der Waals surface area contributed by atoms with E-state index in [4.69, 9.17) is 14.9 Å². The van der Waals surface area contributed by atoms with Crippen molar-refractivity contribution in [2.75, 3.05) is 26.2 Å². The number of nitrogens with zero attached hydrogens (tertiary/aromatic N) is 1. The molecule has 3 aromatic rings. The lowest BCUT2D eigenvalue weighted by Crippen LogP contribution is -2.44. The Balaban J connectivity index is 0.000000371. The average molecular weight is 474 g/mol. The Kier molecular flexibility index (Phi) is 9.63. The van der Waals surface area contributed by atoms with Crippen molar-refractivity contribution in [1.82, 2.24) is 4.90 Å². The topological polar surface area (TPSA) is 87.1 Å². The Labute approximate surface area is 206 Å². The molecule has 182 valence electrons. The van der Waals surface area contributed by atoms with Crippen LogP contribution >= 0.6 is 0 Å². The molecule has 0 radical (unpaired) electrons. The van der Waals surface area contributed by atoms with Gasteiger partial charge >= 0.3 is 11.9 Å². The third kappa shape index (κ3) is 7.83. The summed E-state index contributed by atoms with van der Waals surface area (Å²) in [6.07, 6.45) is 3.41. The molecule has 0 spiro atoms. The highest BCUT2D eigenvalue weighted by molar-refractivity contribution is 5.89. The van der Waals surface area contributed by atoms with Gasteiger partial charge < -0.3 is 14.9 Å². The maximum atomic E-state index is 9.55. The highest BCUT2D eigenvalue weighted by Gasteiger charge is 2.37. The summed E-state index contributed by atoms with van der Waals surface area (Å²) in [7, 11) is 0. The summed E-state index contributed by atoms with van der Waals surface area (Å²) in [5.74, 6) is -1.56. The number of rotatable bonds is 8. The predicted octanol–water partition coefficient (Wildman–Crippen LogP) is 4.86. The number of piperidine rings is 1. The first kappa shape index (κ1) is 25.7. The van der Waals surface area contributed by atoms with Crippen LogP contribution in [-0.2, 0) is 15.0 Å². The lowest BCUT2D eigenvalue weighted by molar-refractivity contribution is -0.134. The van der Waals surface area contributed by atoms with Gasteiger partial charge in [-0.25, -0.2) is 9.59 Å². The van der Waals surface area contributed by atoms with E-state index in [1.165, 1.54) is 11.1 Å². The van der Waals surface area contributed by atoms with Gasteiger partial charge in [-0.15, -0.1) is 0 Å². The highest BCUT2D eigenvalue weighted by Crippen LogP contribution is 2.41. The predicted molar refractivity (Wildman–Crippen MR) is 136 cm³/mol. The Bertz CT molecular complexity index is 1020. The van der Waals surface area contributed by atoms with Crippen molar-refractivity contribution in [1.29, 1.82) is 0 Å². The number of aliphatic carboxylic acids is 2. The summed E-state index contributed by atoms with van der Waals surface area (Å²) in [6.45, 7) is 3.92. The van der Waals surface area contributed by atoms with E-state index in [0.29, 0.717) is 12.2 Å². The number of carbonyl (C=O) groups is 2. The van der Waals surface area contributed by atoms with Crippen LogP contribution in [0.15, 0.2) is 103 Å². The van der Waals surface area contributed by atoms with Crippen LogP contribution in [0.3, 0.4) is 0 Å². The summed E-state index contributed by atoms with van der Waals surface area (Å²) < 4.78 is 5.89. The van der Waals surface area contributed by atoms with Gasteiger partial charge in [0.15, 0.2) is 0 Å². The molecule has 1 saturated heterocycles. The number of hydrogen-bond acceptors (Lipinski definition) is 4. The van der Waals surface area contributed by atoms with Crippen molar-refractivity contribution in [3.8, 4) is 5.75 Å². The van der Waals surface area contributed by atoms with Crippen LogP contribution in [0.5, 0.6) is 5.75 Å². The monoisotopic (exact) mass is 473 g/mol. The van der Waals surface area contributed by atoms with Crippen molar-refractivity contribution >= 4 is 11.9 Å². The van der Waals surface area contributed by atoms with Crippen molar-refractivity contribution in [3.05, 3.63) is 114 Å². The Hall–Kier alpha value is -3.90. The fourth-order valence-corrected chi connectivity index (χ4v) is 4.37. The average Bonchev–Trinajstić information content (AvgIpc) is 2.90. The quantitative estimate of drug-likeness (QED) is 0.455. The summed E-state index contributed by atoms with van der Waals surface area (Å²) >= 11 is 0. The van der Waals surface area contributed by atoms with Gasteiger partial charge in [-0.1, -0.05) is 78.9 Å². The number of carboxylic acids is 2. The van der Waals surface area contributed by atoms with E-state index in [0.717, 1.165) is 44.8 Å². The van der Waals surface area contributed by atoms with E-state index >= 15 is 0 Å². The fourth-order valence-electron chi connectivity index (χ4n) is 4.37. The highest BCUT2D eigenvalue weighted by atomic mass is 16.5. The van der Waals surface area contributed by atoms with Crippen molar-refractivity contribution in [2.24, 2.45) is 0 Å². The molecule has 0 aliphatic carbocycles. The number of ether oxygens (including phenoxy) is 1. The normalized spacial score (nSPS) is 15.1. The van der Waals surface area contributed by atoms with E-state index in [2.05, 4.69) is 65.6 Å². The SMILES string of the molecule is O=C(O)/C=C/C(=O)O.c1ccc(OCCN2CCC(c3ccccc3)(c3ccccc3)CC2)cc1. The zero-order valence-electron chi connectivity index (χ0n) is 19.6. The minimum Gasteiger partial charge on any atom is -0.492 e. The molecule has 0 unspecified atom stereocenters. The second-order valence-corrected chi connectivity index (χ2v) is 8.33. The molecule has 0 amide bonds. The first-order chi connectivity index (χ1) is 17.0. The lowest BCUT2D eigenvalue weighted by atomic mass is 9.68. The summed E-state index contributed by atoms with van der Waals surface area (Å²) in [5, 5.41) is 15.6. The summed E-state index contributed by atoms with van der Waals surface area (Å²) in [5.41, 5.74) is 3.01. The number of likely N-dealkylation sites (tertiary alicyclic amines) is 1. The smallest absolute Gasteiger partial charge is 0.328 e. The molecule has 1 fully saturated rings. The molecule has 35 heavy (non-hydrogen) atoms. The van der Waals surface area contributed by atoms with Crippen LogP contribution in [0.25, 0.3) is 0 Å². The zero-order valence-corrected chi connectivity index (χ0v) is 19.6. The number of benzene rings is 3. The number of hydrogen-bond donors (Lipinski definition) is 2. The molecule has 6 heteroatoms. The molecule has 1 aliphatic heterocycles. The standard InChI is InChI=1S/C25H27NO.C4H4O4/c1-4-10-22(11-5-1)25(23-12-6-2-7-13-23)16-18-26(19-17-25)20-21-27-24-14-8-3-9-15-24;5-3(6)1-2-4(7)8/h1-15H,16-21H2;1-2H,(H,5,6)(H,7,8)/b;2-1+. The third-order valence-corrected chi connectivity index (χ3v) is 6.15. The Morgan fingerprint density at radius 3 is 1.60 bits per heavy atom. The molecule has 3 aromatic carbocycles. The molecule has 0 aromatic heterocycles. The molecular formula is C29H31NO5. The second-order valence-electron chi connectivity index (χ2n) is 8.33. The molecule has 0 atom stereocenters. The van der Waals surface area contributed by atoms with Gasteiger partial charge in [-0.3, -0.25) is 4.90 Å². The first-order valence-corrected chi connectivity index (χ1v) is 11.6. The van der Waals surface area contributed by atoms with Crippen LogP contribution < -0.4 is 4.74 Å². The van der Waals surface area contributed by atoms with Crippen LogP contribution in [0.2, 0.25) is 0 Å². The van der Waals surface area contributed by atoms with Crippen LogP contribution in [0.4, 0.5) is 0 Å². The Morgan fingerprint density at radius 1 is 0.743 bits per heavy atom. The maximum Gasteiger partial charge on any atom is 0.328 e. The third-order valence-electron chi connectivity index (χ3n) is 6.15. The van der Waals surface area contributed by atoms with Crippen molar-refractivity contribution in [2.45, 2.75) is 18.3 Å². The maximum absolute atomic E-state index is 9.55. The number of carboxylic acid groups (broad SMARTS) is 2. The van der Waals surface area contributed by atoms with E-state index in [9.17, 15) is 9.59 Å². The molecule has 1 heterocycles. The van der Waals surface area contributed by atoms with E-state index in [1.54, 1.807) is 0 Å². The van der Waals surface area contributed by atoms with E-state index in [1.807, 2.05) is 30.3 Å². The van der Waals surface area contributed by atoms with Gasteiger partial charge in [0, 0.05) is 24.1 Å². The zero-order chi connectivity index (χ0) is 24.9.